The average Bonchev–Trinajstić information content (AvgIpc) is 2.42. The number of nitrogens with zero attached hydrogens (tertiary/aromatic N) is 4. The molecule has 0 radical (unpaired) electrons. The summed E-state index contributed by atoms with van der Waals surface area (Å²) in [5, 5.41) is 3.06. The van der Waals surface area contributed by atoms with Crippen molar-refractivity contribution in [1.29, 1.82) is 0 Å². The SMILES string of the molecule is CN=C(NCCN(C)CC(F)(F)F)N1CCN(C(C)=O)CC1. The monoisotopic (exact) mass is 323 g/mol. The smallest absolute Gasteiger partial charge is 0.355 e. The first kappa shape index (κ1) is 18.5. The first-order chi connectivity index (χ1) is 10.2. The largest absolute Gasteiger partial charge is 0.401 e. The summed E-state index contributed by atoms with van der Waals surface area (Å²) in [7, 11) is 3.07. The van der Waals surface area contributed by atoms with E-state index in [-0.39, 0.29) is 12.5 Å². The fraction of sp³-hybridized carbons (Fsp3) is 0.846. The third-order valence-electron chi connectivity index (χ3n) is 3.46. The van der Waals surface area contributed by atoms with Crippen LogP contribution in [-0.2, 0) is 4.79 Å². The highest BCUT2D eigenvalue weighted by molar-refractivity contribution is 5.80. The Hall–Kier alpha value is -1.51. The lowest BCUT2D eigenvalue weighted by Gasteiger charge is -2.36. The van der Waals surface area contributed by atoms with Crippen LogP contribution in [0.2, 0.25) is 0 Å². The van der Waals surface area contributed by atoms with Crippen LogP contribution in [-0.4, -0.2) is 92.7 Å². The van der Waals surface area contributed by atoms with Gasteiger partial charge in [-0.15, -0.1) is 0 Å². The van der Waals surface area contributed by atoms with Crippen molar-refractivity contribution in [2.75, 3.05) is 59.9 Å². The van der Waals surface area contributed by atoms with E-state index in [1.54, 1.807) is 18.9 Å². The van der Waals surface area contributed by atoms with Crippen LogP contribution in [0.15, 0.2) is 4.99 Å². The molecule has 22 heavy (non-hydrogen) atoms. The van der Waals surface area contributed by atoms with Gasteiger partial charge in [0.2, 0.25) is 5.91 Å². The van der Waals surface area contributed by atoms with Crippen molar-refractivity contribution in [2.24, 2.45) is 4.99 Å². The molecule has 9 heteroatoms. The molecular weight excluding hydrogens is 299 g/mol. The van der Waals surface area contributed by atoms with E-state index in [2.05, 4.69) is 10.3 Å². The summed E-state index contributed by atoms with van der Waals surface area (Å²) in [6.45, 7) is 3.85. The van der Waals surface area contributed by atoms with E-state index >= 15 is 0 Å². The highest BCUT2D eigenvalue weighted by Gasteiger charge is 2.29. The van der Waals surface area contributed by atoms with Gasteiger partial charge in [-0.3, -0.25) is 14.7 Å². The Balaban J connectivity index is 2.33. The second kappa shape index (κ2) is 8.21. The summed E-state index contributed by atoms with van der Waals surface area (Å²) < 4.78 is 36.7. The maximum absolute atomic E-state index is 12.2. The van der Waals surface area contributed by atoms with E-state index in [4.69, 9.17) is 0 Å². The maximum atomic E-state index is 12.2. The standard InChI is InChI=1S/C13H24F3N5O/c1-11(22)20-6-8-21(9-7-20)12(17-2)18-4-5-19(3)10-13(14,15)16/h4-10H2,1-3H3,(H,17,18). The molecule has 0 aliphatic carbocycles. The maximum Gasteiger partial charge on any atom is 0.401 e. The first-order valence-corrected chi connectivity index (χ1v) is 7.19. The molecule has 0 unspecified atom stereocenters. The molecule has 0 bridgehead atoms. The molecule has 1 rings (SSSR count). The van der Waals surface area contributed by atoms with Crippen LogP contribution >= 0.6 is 0 Å². The van der Waals surface area contributed by atoms with E-state index in [0.29, 0.717) is 38.7 Å². The van der Waals surface area contributed by atoms with Gasteiger partial charge in [0.1, 0.15) is 0 Å². The number of guanidine groups is 1. The molecule has 1 N–H and O–H groups in total. The number of aliphatic imine (C=N–C) groups is 1. The lowest BCUT2D eigenvalue weighted by atomic mass is 10.3. The molecule has 1 fully saturated rings. The minimum Gasteiger partial charge on any atom is -0.355 e. The number of carbonyl (C=O) groups is 1. The van der Waals surface area contributed by atoms with E-state index in [1.807, 2.05) is 4.90 Å². The van der Waals surface area contributed by atoms with Gasteiger partial charge in [0, 0.05) is 53.2 Å². The van der Waals surface area contributed by atoms with Crippen LogP contribution in [0, 0.1) is 0 Å². The van der Waals surface area contributed by atoms with Crippen LogP contribution in [0.4, 0.5) is 13.2 Å². The number of likely N-dealkylation sites (N-methyl/N-ethyl adjacent to an activating group) is 1. The fourth-order valence-electron chi connectivity index (χ4n) is 2.31. The van der Waals surface area contributed by atoms with Gasteiger partial charge in [-0.2, -0.15) is 13.2 Å². The molecule has 1 aliphatic heterocycles. The Labute approximate surface area is 128 Å². The van der Waals surface area contributed by atoms with Crippen molar-refractivity contribution in [3.8, 4) is 0 Å². The van der Waals surface area contributed by atoms with E-state index in [0.717, 1.165) is 0 Å². The molecule has 1 amide bonds. The molecule has 0 saturated carbocycles. The van der Waals surface area contributed by atoms with Crippen molar-refractivity contribution >= 4 is 11.9 Å². The molecule has 0 aromatic rings. The fourth-order valence-corrected chi connectivity index (χ4v) is 2.31. The molecule has 1 aliphatic rings. The summed E-state index contributed by atoms with van der Waals surface area (Å²) >= 11 is 0. The molecular formula is C13H24F3N5O. The van der Waals surface area contributed by atoms with Gasteiger partial charge in [0.05, 0.1) is 6.54 Å². The molecule has 6 nitrogen and oxygen atoms in total. The molecule has 0 atom stereocenters. The van der Waals surface area contributed by atoms with Gasteiger partial charge in [-0.05, 0) is 7.05 Å². The van der Waals surface area contributed by atoms with Gasteiger partial charge in [-0.1, -0.05) is 0 Å². The zero-order valence-corrected chi connectivity index (χ0v) is 13.3. The molecule has 128 valence electrons. The van der Waals surface area contributed by atoms with Crippen molar-refractivity contribution in [2.45, 2.75) is 13.1 Å². The number of halogens is 3. The number of alkyl halides is 3. The predicted octanol–water partition coefficient (Wildman–Crippen LogP) is 0.220. The highest BCUT2D eigenvalue weighted by atomic mass is 19.4. The van der Waals surface area contributed by atoms with Gasteiger partial charge in [0.15, 0.2) is 5.96 Å². The van der Waals surface area contributed by atoms with Crippen LogP contribution < -0.4 is 5.32 Å². The molecule has 0 spiro atoms. The average molecular weight is 323 g/mol. The Morgan fingerprint density at radius 2 is 1.77 bits per heavy atom. The van der Waals surface area contributed by atoms with Gasteiger partial charge >= 0.3 is 6.18 Å². The van der Waals surface area contributed by atoms with Gasteiger partial charge < -0.3 is 15.1 Å². The van der Waals surface area contributed by atoms with Crippen LogP contribution in [0.25, 0.3) is 0 Å². The Kier molecular flexibility index (Phi) is 6.92. The second-order valence-corrected chi connectivity index (χ2v) is 5.32. The number of amides is 1. The summed E-state index contributed by atoms with van der Waals surface area (Å²) in [4.78, 5) is 20.4. The molecule has 0 aromatic heterocycles. The predicted molar refractivity (Wildman–Crippen MR) is 78.7 cm³/mol. The lowest BCUT2D eigenvalue weighted by molar-refractivity contribution is -0.142. The minimum atomic E-state index is -4.18. The zero-order chi connectivity index (χ0) is 16.8. The third-order valence-corrected chi connectivity index (χ3v) is 3.46. The summed E-state index contributed by atoms with van der Waals surface area (Å²) in [6, 6.07) is 0. The van der Waals surface area contributed by atoms with E-state index in [1.165, 1.54) is 11.9 Å². The van der Waals surface area contributed by atoms with Crippen molar-refractivity contribution in [3.05, 3.63) is 0 Å². The Bertz CT molecular complexity index is 392. The Morgan fingerprint density at radius 3 is 2.23 bits per heavy atom. The quantitative estimate of drug-likeness (QED) is 0.594. The summed E-state index contributed by atoms with van der Waals surface area (Å²) in [5.74, 6) is 0.708. The zero-order valence-electron chi connectivity index (χ0n) is 13.3. The number of carbonyl (C=O) groups excluding carboxylic acids is 1. The normalized spacial score (nSPS) is 17.1. The molecule has 1 heterocycles. The second-order valence-electron chi connectivity index (χ2n) is 5.32. The van der Waals surface area contributed by atoms with Crippen molar-refractivity contribution in [3.63, 3.8) is 0 Å². The third kappa shape index (κ3) is 6.50. The van der Waals surface area contributed by atoms with E-state index in [9.17, 15) is 18.0 Å². The summed E-state index contributed by atoms with van der Waals surface area (Å²) in [6.07, 6.45) is -4.18. The highest BCUT2D eigenvalue weighted by Crippen LogP contribution is 2.15. The van der Waals surface area contributed by atoms with Crippen LogP contribution in [0.3, 0.4) is 0 Å². The van der Waals surface area contributed by atoms with Crippen LogP contribution in [0.1, 0.15) is 6.92 Å². The van der Waals surface area contributed by atoms with Gasteiger partial charge in [-0.25, -0.2) is 0 Å². The number of rotatable bonds is 4. The Morgan fingerprint density at radius 1 is 1.23 bits per heavy atom. The van der Waals surface area contributed by atoms with Crippen molar-refractivity contribution in [1.82, 2.24) is 20.0 Å². The van der Waals surface area contributed by atoms with Crippen LogP contribution in [0.5, 0.6) is 0 Å². The molecule has 0 aromatic carbocycles. The number of piperazine rings is 1. The minimum absolute atomic E-state index is 0.0522. The van der Waals surface area contributed by atoms with Gasteiger partial charge in [0.25, 0.3) is 0 Å². The number of hydrogen-bond acceptors (Lipinski definition) is 3. The number of hydrogen-bond donors (Lipinski definition) is 1. The topological polar surface area (TPSA) is 51.2 Å². The summed E-state index contributed by atoms with van der Waals surface area (Å²) in [5.41, 5.74) is 0. The lowest BCUT2D eigenvalue weighted by Crippen LogP contribution is -2.54. The number of nitrogens with one attached hydrogen (secondary N) is 1. The molecule has 1 saturated heterocycles. The first-order valence-electron chi connectivity index (χ1n) is 7.19. The van der Waals surface area contributed by atoms with E-state index < -0.39 is 12.7 Å². The van der Waals surface area contributed by atoms with Crippen molar-refractivity contribution < 1.29 is 18.0 Å².